The molecule has 0 saturated heterocycles. The summed E-state index contributed by atoms with van der Waals surface area (Å²) in [5, 5.41) is 0. The molecule has 0 aliphatic carbocycles. The van der Waals surface area contributed by atoms with Gasteiger partial charge in [0.1, 0.15) is 0 Å². The maximum Gasteiger partial charge on any atom is 0.0899 e. The third-order valence-corrected chi connectivity index (χ3v) is 0.471. The van der Waals surface area contributed by atoms with E-state index in [1.54, 1.807) is 10.9 Å². The molecule has 0 saturated carbocycles. The molecule has 8 nitrogen and oxygen atoms in total. The van der Waals surface area contributed by atoms with Gasteiger partial charge in [0.15, 0.2) is 0 Å². The molecule has 0 aliphatic rings. The van der Waals surface area contributed by atoms with Crippen LogP contribution in [0.15, 0.2) is 0 Å². The predicted octanol–water partition coefficient (Wildman–Crippen LogP) is -4.45. The normalized spacial score (nSPS) is 9.08. The monoisotopic (exact) mass is 218 g/mol. The molecule has 84 valence electrons. The Bertz CT molecular complexity index is 144. The number of rotatable bonds is 2. The Morgan fingerprint density at radius 2 is 1.15 bits per heavy atom. The van der Waals surface area contributed by atoms with E-state index in [1.807, 2.05) is 13.8 Å². The molecule has 0 unspecified atom stereocenters. The topological polar surface area (TPSA) is 166 Å². The van der Waals surface area contributed by atoms with Crippen LogP contribution >= 0.6 is 0 Å². The van der Waals surface area contributed by atoms with E-state index in [9.17, 15) is 0 Å². The lowest BCUT2D eigenvalue weighted by Gasteiger charge is -2.06. The largest absolute Gasteiger partial charge is 0.759 e. The van der Waals surface area contributed by atoms with Crippen LogP contribution < -0.4 is 22.5 Å². The molecule has 13 heavy (non-hydrogen) atoms. The summed E-state index contributed by atoms with van der Waals surface area (Å²) in [4.78, 5) is 0. The van der Waals surface area contributed by atoms with Gasteiger partial charge in [-0.1, -0.05) is 0 Å². The highest BCUT2D eigenvalue weighted by atomic mass is 32.3. The van der Waals surface area contributed by atoms with Gasteiger partial charge in [0.05, 0.1) is 13.1 Å². The lowest BCUT2D eigenvalue weighted by atomic mass is 10.8. The average molecular weight is 218 g/mol. The number of hydrogen-bond donors (Lipinski definition) is 4. The van der Waals surface area contributed by atoms with Crippen molar-refractivity contribution in [3.8, 4) is 0 Å². The Morgan fingerprint density at radius 3 is 1.15 bits per heavy atom. The molecule has 0 spiro atoms. The molecule has 0 aromatic heterocycles. The van der Waals surface area contributed by atoms with E-state index in [4.69, 9.17) is 29.2 Å². The molecule has 8 N–H and O–H groups in total. The van der Waals surface area contributed by atoms with Crippen molar-refractivity contribution in [1.29, 1.82) is 0 Å². The highest BCUT2D eigenvalue weighted by Gasteiger charge is 1.55. The number of nitrogens with two attached hydrogens (primary N) is 4. The summed E-state index contributed by atoms with van der Waals surface area (Å²) in [6.45, 7) is 5.94. The summed E-state index contributed by atoms with van der Waals surface area (Å²) in [7, 11) is -5.17. The van der Waals surface area contributed by atoms with Gasteiger partial charge in [0.25, 0.3) is 0 Å². The molecule has 0 bridgehead atoms. The first-order valence-electron chi connectivity index (χ1n) is 3.56. The standard InChI is InChI=1S/2C2H8N2.H2O4S/c2*1-2-4-3;1-5(2,3)4/h2*4H,2-3H2,1H3;(H2,1,2,3,4). The fraction of sp³-hybridized carbons (Fsp3) is 1.00. The molecule has 0 heterocycles. The van der Waals surface area contributed by atoms with Crippen LogP contribution in [0.3, 0.4) is 0 Å². The zero-order chi connectivity index (χ0) is 11.3. The van der Waals surface area contributed by atoms with Gasteiger partial charge in [0, 0.05) is 10.4 Å². The van der Waals surface area contributed by atoms with Gasteiger partial charge in [-0.3, -0.25) is 19.3 Å². The van der Waals surface area contributed by atoms with E-state index in [1.165, 1.54) is 0 Å². The molecule has 0 aromatic rings. The predicted molar refractivity (Wildman–Crippen MR) is 43.8 cm³/mol. The lowest BCUT2D eigenvalue weighted by molar-refractivity contribution is -0.664. The maximum atomic E-state index is 8.52. The second-order valence-electron chi connectivity index (χ2n) is 1.70. The highest BCUT2D eigenvalue weighted by molar-refractivity contribution is 7.79. The minimum Gasteiger partial charge on any atom is -0.759 e. The van der Waals surface area contributed by atoms with Crippen molar-refractivity contribution in [2.75, 3.05) is 13.1 Å². The minimum absolute atomic E-state index is 0.972. The smallest absolute Gasteiger partial charge is 0.0899 e. The van der Waals surface area contributed by atoms with Crippen LogP contribution in [0.1, 0.15) is 13.8 Å². The molecule has 9 heteroatoms. The summed E-state index contributed by atoms with van der Waals surface area (Å²) in [5.41, 5.74) is 3.25. The highest BCUT2D eigenvalue weighted by Crippen LogP contribution is 1.57. The van der Waals surface area contributed by atoms with E-state index in [-0.39, 0.29) is 0 Å². The van der Waals surface area contributed by atoms with E-state index < -0.39 is 10.4 Å². The molecule has 0 radical (unpaired) electrons. The van der Waals surface area contributed by atoms with Crippen molar-refractivity contribution in [1.82, 2.24) is 0 Å². The van der Waals surface area contributed by atoms with Gasteiger partial charge >= 0.3 is 0 Å². The Balaban J connectivity index is -0.000000117. The van der Waals surface area contributed by atoms with Crippen molar-refractivity contribution in [2.24, 2.45) is 11.7 Å². The number of quaternary nitrogens is 2. The first-order chi connectivity index (χ1) is 5.83. The molecule has 0 amide bonds. The summed E-state index contributed by atoms with van der Waals surface area (Å²) >= 11 is 0. The van der Waals surface area contributed by atoms with Crippen LogP contribution in [0.2, 0.25) is 0 Å². The quantitative estimate of drug-likeness (QED) is 0.158. The van der Waals surface area contributed by atoms with E-state index in [2.05, 4.69) is 0 Å². The first kappa shape index (κ1) is 18.5. The third kappa shape index (κ3) is 378. The Morgan fingerprint density at radius 1 is 1.08 bits per heavy atom. The molecule has 0 atom stereocenters. The van der Waals surface area contributed by atoms with Gasteiger partial charge < -0.3 is 9.11 Å². The Hall–Kier alpha value is -0.290. The van der Waals surface area contributed by atoms with Crippen molar-refractivity contribution >= 4 is 10.4 Å². The fourth-order valence-corrected chi connectivity index (χ4v) is 0. The SMILES string of the molecule is CC[NH2+]N.CC[NH2+]N.O=S(=O)([O-])[O-]. The van der Waals surface area contributed by atoms with Crippen LogP contribution in [0.5, 0.6) is 0 Å². The lowest BCUT2D eigenvalue weighted by Crippen LogP contribution is -2.90. The van der Waals surface area contributed by atoms with E-state index >= 15 is 0 Å². The maximum absolute atomic E-state index is 8.52. The molecular formula is C4H18N4O4S. The van der Waals surface area contributed by atoms with Gasteiger partial charge in [0.2, 0.25) is 0 Å². The molecule has 0 aliphatic heterocycles. The Labute approximate surface area is 78.2 Å². The second-order valence-corrected chi connectivity index (χ2v) is 2.51. The fourth-order valence-electron chi connectivity index (χ4n) is 0. The van der Waals surface area contributed by atoms with Crippen LogP contribution in [0.4, 0.5) is 0 Å². The van der Waals surface area contributed by atoms with Crippen molar-refractivity contribution in [2.45, 2.75) is 13.8 Å². The van der Waals surface area contributed by atoms with Crippen LogP contribution in [0, 0.1) is 0 Å². The number of hydrogen-bond acceptors (Lipinski definition) is 6. The van der Waals surface area contributed by atoms with E-state index in [0.717, 1.165) is 13.1 Å². The van der Waals surface area contributed by atoms with Crippen LogP contribution in [-0.2, 0) is 10.4 Å². The minimum atomic E-state index is -5.17. The zero-order valence-corrected chi connectivity index (χ0v) is 8.58. The van der Waals surface area contributed by atoms with Gasteiger partial charge in [-0.25, -0.2) is 0 Å². The Kier molecular flexibility index (Phi) is 20.3. The van der Waals surface area contributed by atoms with Gasteiger partial charge in [-0.2, -0.15) is 11.7 Å². The van der Waals surface area contributed by atoms with Gasteiger partial charge in [-0.05, 0) is 13.8 Å². The second kappa shape index (κ2) is 14.2. The van der Waals surface area contributed by atoms with Crippen molar-refractivity contribution in [3.05, 3.63) is 0 Å². The molecule has 0 fully saturated rings. The molecule has 0 rings (SSSR count). The first-order valence-corrected chi connectivity index (χ1v) is 4.90. The van der Waals surface area contributed by atoms with Gasteiger partial charge in [-0.15, -0.1) is 0 Å². The summed E-state index contributed by atoms with van der Waals surface area (Å²) < 4.78 is 34.1. The van der Waals surface area contributed by atoms with Crippen molar-refractivity contribution < 1.29 is 28.4 Å². The van der Waals surface area contributed by atoms with Crippen molar-refractivity contribution in [3.63, 3.8) is 0 Å². The average Bonchev–Trinajstić information content (AvgIpc) is 2.01. The van der Waals surface area contributed by atoms with Crippen LogP contribution in [0.25, 0.3) is 0 Å². The summed E-state index contributed by atoms with van der Waals surface area (Å²) in [6, 6.07) is 0. The zero-order valence-electron chi connectivity index (χ0n) is 7.76. The van der Waals surface area contributed by atoms with Crippen LogP contribution in [-0.4, -0.2) is 30.6 Å². The molecular weight excluding hydrogens is 200 g/mol. The summed E-state index contributed by atoms with van der Waals surface area (Å²) in [6.07, 6.45) is 0. The van der Waals surface area contributed by atoms with E-state index in [0.29, 0.717) is 0 Å². The third-order valence-electron chi connectivity index (χ3n) is 0.471. The molecule has 0 aromatic carbocycles. The summed E-state index contributed by atoms with van der Waals surface area (Å²) in [5.74, 6) is 9.81.